The van der Waals surface area contributed by atoms with E-state index in [9.17, 15) is 0 Å². The van der Waals surface area contributed by atoms with Crippen molar-refractivity contribution in [2.24, 2.45) is 23.7 Å². The van der Waals surface area contributed by atoms with Crippen LogP contribution in [0.2, 0.25) is 0 Å². The van der Waals surface area contributed by atoms with Gasteiger partial charge in [0.2, 0.25) is 0 Å². The van der Waals surface area contributed by atoms with Crippen molar-refractivity contribution in [3.63, 3.8) is 0 Å². The second kappa shape index (κ2) is 16.3. The van der Waals surface area contributed by atoms with Crippen molar-refractivity contribution in [3.8, 4) is 39.6 Å². The number of aromatic nitrogens is 3. The van der Waals surface area contributed by atoms with Crippen molar-refractivity contribution in [2.45, 2.75) is 44.4 Å². The molecule has 6 heteroatoms. The Morgan fingerprint density at radius 2 is 1.17 bits per heavy atom. The number of ether oxygens (including phenoxy) is 1. The van der Waals surface area contributed by atoms with E-state index in [2.05, 4.69) is 216 Å². The van der Waals surface area contributed by atoms with Gasteiger partial charge in [0, 0.05) is 57.5 Å². The van der Waals surface area contributed by atoms with Crippen LogP contribution in [0.25, 0.3) is 49.9 Å². The summed E-state index contributed by atoms with van der Waals surface area (Å²) in [6, 6.07) is 70.3. The van der Waals surface area contributed by atoms with E-state index in [1.807, 2.05) is 12.3 Å². The Morgan fingerprint density at radius 3 is 1.91 bits per heavy atom. The van der Waals surface area contributed by atoms with Gasteiger partial charge >= 0.3 is 0 Å². The normalized spacial score (nSPS) is 21.2. The minimum absolute atomic E-state index is 0.0191. The highest BCUT2D eigenvalue weighted by Crippen LogP contribution is 2.65. The molecular weight excluding hydrogens is 855 g/mol. The van der Waals surface area contributed by atoms with Crippen LogP contribution >= 0.6 is 0 Å². The van der Waals surface area contributed by atoms with E-state index in [1.165, 1.54) is 81.8 Å². The van der Waals surface area contributed by atoms with E-state index in [0.717, 1.165) is 63.1 Å². The monoisotopic (exact) mass is 907 g/mol. The molecule has 6 nitrogen and oxygen atoms in total. The standard InChI is InChI=1S/C64H53N5O/c1-42-24-26-47(27-25-42)64(49-34-43-33-44(36-49)37-50(64)35-43)48-30-32-65-61(38-48)69-58-22-9-8-19-56(58)57-29-28-53(40-60(57)69)70-52-18-10-17-51(39-52)67-41-68(59-23-12-31-66-63(59)67)62-54(45-13-4-2-5-14-45)20-11-21-55(62)46-15-6-3-7-16-46/h2-32,38-40,43-44,49-50H,33-37,41H2,1H3. The van der Waals surface area contributed by atoms with Crippen LogP contribution < -0.4 is 14.5 Å². The molecule has 1 aliphatic heterocycles. The van der Waals surface area contributed by atoms with Crippen LogP contribution in [0, 0.1) is 30.6 Å². The number of anilines is 4. The second-order valence-corrected chi connectivity index (χ2v) is 20.4. The SMILES string of the molecule is Cc1ccc(C2(c3ccnc(-n4c5ccccc5c5ccc(Oc6cccc(N7CN(c8c(-c9ccccc9)cccc8-c8ccccc8)c8cccnc87)c6)cc54)c3)C3CC4CC(C3)CC2C4)cc1. The lowest BCUT2D eigenvalue weighted by molar-refractivity contribution is -0.0418. The lowest BCUT2D eigenvalue weighted by Gasteiger charge is -2.62. The molecule has 15 rings (SSSR count). The quantitative estimate of drug-likeness (QED) is 0.144. The lowest BCUT2D eigenvalue weighted by atomic mass is 9.42. The molecule has 0 spiro atoms. The fourth-order valence-electron chi connectivity index (χ4n) is 13.8. The fraction of sp³-hybridized carbons (Fsp3) is 0.188. The van der Waals surface area contributed by atoms with Crippen LogP contribution in [0.3, 0.4) is 0 Å². The second-order valence-electron chi connectivity index (χ2n) is 20.4. The molecule has 3 aromatic heterocycles. The topological polar surface area (TPSA) is 46.4 Å². The van der Waals surface area contributed by atoms with E-state index in [-0.39, 0.29) is 5.41 Å². The molecule has 5 aliphatic rings. The van der Waals surface area contributed by atoms with Crippen molar-refractivity contribution in [1.82, 2.24) is 14.5 Å². The number of para-hydroxylation sites is 2. The Bertz CT molecular complexity index is 3510. The Hall–Kier alpha value is -7.96. The van der Waals surface area contributed by atoms with Crippen molar-refractivity contribution in [3.05, 3.63) is 223 Å². The zero-order chi connectivity index (χ0) is 46.3. The molecule has 70 heavy (non-hydrogen) atoms. The van der Waals surface area contributed by atoms with Crippen LogP contribution in [0.1, 0.15) is 48.8 Å². The summed E-state index contributed by atoms with van der Waals surface area (Å²) in [5.74, 6) is 6.40. The van der Waals surface area contributed by atoms with E-state index >= 15 is 0 Å². The third-order valence-corrected chi connectivity index (χ3v) is 16.5. The minimum atomic E-state index is -0.0191. The average molecular weight is 908 g/mol. The summed E-state index contributed by atoms with van der Waals surface area (Å²) in [4.78, 5) is 14.9. The van der Waals surface area contributed by atoms with Crippen LogP contribution in [0.4, 0.5) is 22.9 Å². The maximum absolute atomic E-state index is 6.90. The molecule has 10 aromatic rings. The Labute approximate surface area is 409 Å². The third-order valence-electron chi connectivity index (χ3n) is 16.5. The first-order valence-corrected chi connectivity index (χ1v) is 25.2. The van der Waals surface area contributed by atoms with Gasteiger partial charge in [-0.25, -0.2) is 9.97 Å². The number of benzene rings is 7. The Kier molecular flexibility index (Phi) is 9.58. The minimum Gasteiger partial charge on any atom is -0.457 e. The molecule has 4 aliphatic carbocycles. The van der Waals surface area contributed by atoms with Crippen LogP contribution in [-0.2, 0) is 5.41 Å². The number of rotatable bonds is 9. The molecule has 4 fully saturated rings. The zero-order valence-corrected chi connectivity index (χ0v) is 39.3. The molecule has 0 N–H and O–H groups in total. The number of fused-ring (bicyclic) bond motifs is 4. The number of pyridine rings is 2. The molecular formula is C64H53N5O. The summed E-state index contributed by atoms with van der Waals surface area (Å²) in [5.41, 5.74) is 14.3. The molecule has 7 aromatic carbocycles. The van der Waals surface area contributed by atoms with Gasteiger partial charge < -0.3 is 14.5 Å². The molecule has 340 valence electrons. The van der Waals surface area contributed by atoms with Crippen LogP contribution in [0.15, 0.2) is 207 Å². The average Bonchev–Trinajstić information content (AvgIpc) is 3.95. The zero-order valence-electron chi connectivity index (χ0n) is 39.3. The van der Waals surface area contributed by atoms with Crippen LogP contribution in [0.5, 0.6) is 11.5 Å². The molecule has 0 amide bonds. The van der Waals surface area contributed by atoms with Crippen molar-refractivity contribution < 1.29 is 4.74 Å². The van der Waals surface area contributed by atoms with E-state index in [1.54, 1.807) is 0 Å². The number of hydrogen-bond acceptors (Lipinski definition) is 5. The van der Waals surface area contributed by atoms with E-state index in [4.69, 9.17) is 14.7 Å². The third kappa shape index (κ3) is 6.53. The molecule has 4 saturated carbocycles. The largest absolute Gasteiger partial charge is 0.457 e. The molecule has 0 radical (unpaired) electrons. The Morgan fingerprint density at radius 1 is 0.500 bits per heavy atom. The van der Waals surface area contributed by atoms with Gasteiger partial charge in [-0.2, -0.15) is 0 Å². The van der Waals surface area contributed by atoms with E-state index in [0.29, 0.717) is 18.5 Å². The van der Waals surface area contributed by atoms with Gasteiger partial charge in [-0.1, -0.05) is 133 Å². The van der Waals surface area contributed by atoms with Crippen LogP contribution in [-0.4, -0.2) is 21.2 Å². The number of hydrogen-bond donors (Lipinski definition) is 0. The first-order valence-electron chi connectivity index (χ1n) is 25.2. The highest BCUT2D eigenvalue weighted by atomic mass is 16.5. The Balaban J connectivity index is 0.834. The lowest BCUT2D eigenvalue weighted by Crippen LogP contribution is -2.56. The van der Waals surface area contributed by atoms with Crippen molar-refractivity contribution in [2.75, 3.05) is 16.5 Å². The summed E-state index contributed by atoms with van der Waals surface area (Å²) in [7, 11) is 0. The summed E-state index contributed by atoms with van der Waals surface area (Å²) in [5, 5.41) is 2.38. The maximum Gasteiger partial charge on any atom is 0.158 e. The van der Waals surface area contributed by atoms with Gasteiger partial charge in [-0.3, -0.25) is 4.57 Å². The summed E-state index contributed by atoms with van der Waals surface area (Å²) >= 11 is 0. The summed E-state index contributed by atoms with van der Waals surface area (Å²) in [6.07, 6.45) is 10.7. The predicted octanol–water partition coefficient (Wildman–Crippen LogP) is 16.0. The molecule has 0 saturated heterocycles. The summed E-state index contributed by atoms with van der Waals surface area (Å²) < 4.78 is 9.27. The molecule has 4 bridgehead atoms. The van der Waals surface area contributed by atoms with Crippen molar-refractivity contribution in [1.29, 1.82) is 0 Å². The first-order chi connectivity index (χ1) is 34.6. The van der Waals surface area contributed by atoms with Gasteiger partial charge in [0.25, 0.3) is 0 Å². The summed E-state index contributed by atoms with van der Waals surface area (Å²) in [6.45, 7) is 2.78. The highest BCUT2D eigenvalue weighted by molar-refractivity contribution is 6.09. The maximum atomic E-state index is 6.90. The van der Waals surface area contributed by atoms with Gasteiger partial charge in [0.05, 0.1) is 22.4 Å². The number of aryl methyl sites for hydroxylation is 1. The molecule has 4 heterocycles. The molecule has 0 unspecified atom stereocenters. The highest BCUT2D eigenvalue weighted by Gasteiger charge is 2.58. The van der Waals surface area contributed by atoms with Gasteiger partial charge in [0.15, 0.2) is 5.82 Å². The van der Waals surface area contributed by atoms with Crippen molar-refractivity contribution >= 4 is 44.7 Å². The fourth-order valence-corrected chi connectivity index (χ4v) is 13.8. The van der Waals surface area contributed by atoms with Gasteiger partial charge in [-0.05, 0) is 140 Å². The first kappa shape index (κ1) is 41.1. The smallest absolute Gasteiger partial charge is 0.158 e. The predicted molar refractivity (Wildman–Crippen MR) is 285 cm³/mol. The number of nitrogens with zero attached hydrogens (tertiary/aromatic N) is 5. The van der Waals surface area contributed by atoms with E-state index < -0.39 is 0 Å². The van der Waals surface area contributed by atoms with Gasteiger partial charge in [0.1, 0.15) is 24.0 Å². The molecule has 0 atom stereocenters. The van der Waals surface area contributed by atoms with Gasteiger partial charge in [-0.15, -0.1) is 0 Å².